The van der Waals surface area contributed by atoms with Crippen LogP contribution in [0, 0.1) is 0 Å². The second-order valence-electron chi connectivity index (χ2n) is 4.61. The first-order valence-electron chi connectivity index (χ1n) is 6.73. The molecule has 2 N–H and O–H groups in total. The van der Waals surface area contributed by atoms with Crippen LogP contribution in [0.4, 0.5) is 0 Å². The number of halogens is 1. The molecule has 0 aliphatic heterocycles. The van der Waals surface area contributed by atoms with Crippen molar-refractivity contribution in [3.05, 3.63) is 59.4 Å². The lowest BCUT2D eigenvalue weighted by Crippen LogP contribution is -2.11. The van der Waals surface area contributed by atoms with Gasteiger partial charge in [-0.15, -0.1) is 10.2 Å². The molecule has 3 rings (SSSR count). The van der Waals surface area contributed by atoms with E-state index >= 15 is 0 Å². The SMILES string of the molecule is Nn1c(SCCc2ccccn2)nnc1-c1cccc(Cl)c1. The van der Waals surface area contributed by atoms with E-state index in [2.05, 4.69) is 15.2 Å². The van der Waals surface area contributed by atoms with Gasteiger partial charge in [-0.1, -0.05) is 41.6 Å². The summed E-state index contributed by atoms with van der Waals surface area (Å²) in [4.78, 5) is 4.29. The van der Waals surface area contributed by atoms with Crippen molar-refractivity contribution < 1.29 is 0 Å². The van der Waals surface area contributed by atoms with Crippen molar-refractivity contribution in [2.45, 2.75) is 11.6 Å². The molecule has 0 amide bonds. The van der Waals surface area contributed by atoms with Gasteiger partial charge in [-0.3, -0.25) is 4.98 Å². The number of rotatable bonds is 5. The summed E-state index contributed by atoms with van der Waals surface area (Å²) in [5.41, 5.74) is 1.90. The number of hydrogen-bond acceptors (Lipinski definition) is 5. The molecule has 0 radical (unpaired) electrons. The molecule has 1 aromatic carbocycles. The van der Waals surface area contributed by atoms with E-state index in [4.69, 9.17) is 17.4 Å². The number of thioether (sulfide) groups is 1. The van der Waals surface area contributed by atoms with Gasteiger partial charge in [0.15, 0.2) is 5.82 Å². The molecular weight excluding hydrogens is 318 g/mol. The van der Waals surface area contributed by atoms with Gasteiger partial charge in [0.05, 0.1) is 0 Å². The Morgan fingerprint density at radius 3 is 2.82 bits per heavy atom. The lowest BCUT2D eigenvalue weighted by molar-refractivity contribution is 0.848. The van der Waals surface area contributed by atoms with E-state index in [1.54, 1.807) is 18.0 Å². The predicted molar refractivity (Wildman–Crippen MR) is 89.3 cm³/mol. The Balaban J connectivity index is 1.68. The van der Waals surface area contributed by atoms with Gasteiger partial charge in [0.2, 0.25) is 5.16 Å². The van der Waals surface area contributed by atoms with Crippen molar-refractivity contribution in [3.8, 4) is 11.4 Å². The molecule has 0 aliphatic rings. The number of nitrogens with zero attached hydrogens (tertiary/aromatic N) is 4. The van der Waals surface area contributed by atoms with Crippen molar-refractivity contribution >= 4 is 23.4 Å². The number of benzene rings is 1. The van der Waals surface area contributed by atoms with Crippen LogP contribution in [0.25, 0.3) is 11.4 Å². The first-order valence-corrected chi connectivity index (χ1v) is 8.09. The molecule has 0 saturated heterocycles. The van der Waals surface area contributed by atoms with Crippen molar-refractivity contribution in [2.24, 2.45) is 0 Å². The molecule has 0 unspecified atom stereocenters. The first-order chi connectivity index (χ1) is 10.7. The second-order valence-corrected chi connectivity index (χ2v) is 6.10. The fraction of sp³-hybridized carbons (Fsp3) is 0.133. The monoisotopic (exact) mass is 331 g/mol. The van der Waals surface area contributed by atoms with Gasteiger partial charge < -0.3 is 5.84 Å². The molecule has 0 bridgehead atoms. The van der Waals surface area contributed by atoms with Crippen LogP contribution in [0.3, 0.4) is 0 Å². The summed E-state index contributed by atoms with van der Waals surface area (Å²) in [7, 11) is 0. The van der Waals surface area contributed by atoms with Gasteiger partial charge in [-0.05, 0) is 30.7 Å². The average Bonchev–Trinajstić information content (AvgIpc) is 2.90. The van der Waals surface area contributed by atoms with Crippen LogP contribution in [0.5, 0.6) is 0 Å². The van der Waals surface area contributed by atoms with Crippen LogP contribution in [0.1, 0.15) is 5.69 Å². The molecular formula is C15H14ClN5S. The number of pyridine rings is 1. The lowest BCUT2D eigenvalue weighted by atomic mass is 10.2. The summed E-state index contributed by atoms with van der Waals surface area (Å²) in [5, 5.41) is 9.60. The first kappa shape index (κ1) is 14.9. The van der Waals surface area contributed by atoms with Gasteiger partial charge in [0.25, 0.3) is 0 Å². The van der Waals surface area contributed by atoms with E-state index in [-0.39, 0.29) is 0 Å². The van der Waals surface area contributed by atoms with Crippen molar-refractivity contribution in [3.63, 3.8) is 0 Å². The minimum absolute atomic E-state index is 0.600. The molecule has 3 aromatic rings. The summed E-state index contributed by atoms with van der Waals surface area (Å²) >= 11 is 7.55. The third kappa shape index (κ3) is 3.40. The molecule has 0 saturated carbocycles. The maximum atomic E-state index is 6.08. The van der Waals surface area contributed by atoms with Gasteiger partial charge >= 0.3 is 0 Å². The summed E-state index contributed by atoms with van der Waals surface area (Å²) in [6.07, 6.45) is 2.65. The molecule has 0 spiro atoms. The molecule has 2 heterocycles. The smallest absolute Gasteiger partial charge is 0.210 e. The number of aryl methyl sites for hydroxylation is 1. The molecule has 0 atom stereocenters. The number of nitrogens with two attached hydrogens (primary N) is 1. The fourth-order valence-corrected chi connectivity index (χ4v) is 3.00. The maximum Gasteiger partial charge on any atom is 0.210 e. The molecule has 5 nitrogen and oxygen atoms in total. The summed E-state index contributed by atoms with van der Waals surface area (Å²) in [6, 6.07) is 13.3. The second kappa shape index (κ2) is 6.81. The van der Waals surface area contributed by atoms with E-state index in [9.17, 15) is 0 Å². The molecule has 2 aromatic heterocycles. The van der Waals surface area contributed by atoms with E-state index in [1.807, 2.05) is 42.5 Å². The Bertz CT molecular complexity index is 760. The molecule has 22 heavy (non-hydrogen) atoms. The Morgan fingerprint density at radius 2 is 2.05 bits per heavy atom. The molecule has 112 valence electrons. The highest BCUT2D eigenvalue weighted by atomic mass is 35.5. The Morgan fingerprint density at radius 1 is 1.14 bits per heavy atom. The molecule has 0 fully saturated rings. The number of nitrogen functional groups attached to an aromatic ring is 1. The van der Waals surface area contributed by atoms with Gasteiger partial charge in [0, 0.05) is 28.2 Å². The highest BCUT2D eigenvalue weighted by Gasteiger charge is 2.12. The summed E-state index contributed by atoms with van der Waals surface area (Å²) in [5.74, 6) is 7.51. The highest BCUT2D eigenvalue weighted by Crippen LogP contribution is 2.24. The summed E-state index contributed by atoms with van der Waals surface area (Å²) < 4.78 is 1.49. The quantitative estimate of drug-likeness (QED) is 0.575. The molecule has 7 heteroatoms. The largest absolute Gasteiger partial charge is 0.335 e. The zero-order valence-electron chi connectivity index (χ0n) is 11.7. The Kier molecular flexibility index (Phi) is 4.60. The fourth-order valence-electron chi connectivity index (χ4n) is 1.99. The van der Waals surface area contributed by atoms with Crippen LogP contribution in [0.15, 0.2) is 53.8 Å². The van der Waals surface area contributed by atoms with Crippen LogP contribution >= 0.6 is 23.4 Å². The van der Waals surface area contributed by atoms with Gasteiger partial charge in [-0.25, -0.2) is 4.68 Å². The van der Waals surface area contributed by atoms with Gasteiger partial charge in [0.1, 0.15) is 0 Å². The maximum absolute atomic E-state index is 6.08. The van der Waals surface area contributed by atoms with Crippen LogP contribution < -0.4 is 5.84 Å². The van der Waals surface area contributed by atoms with Gasteiger partial charge in [-0.2, -0.15) is 0 Å². The average molecular weight is 332 g/mol. The van der Waals surface area contributed by atoms with Crippen molar-refractivity contribution in [1.29, 1.82) is 0 Å². The lowest BCUT2D eigenvalue weighted by Gasteiger charge is -2.04. The topological polar surface area (TPSA) is 69.6 Å². The van der Waals surface area contributed by atoms with Crippen LogP contribution in [-0.4, -0.2) is 25.6 Å². The van der Waals surface area contributed by atoms with Crippen LogP contribution in [-0.2, 0) is 6.42 Å². The Hall–Kier alpha value is -2.05. The standard InChI is InChI=1S/C15H14ClN5S/c16-12-5-3-4-11(10-12)14-19-20-15(21(14)17)22-9-7-13-6-1-2-8-18-13/h1-6,8,10H,7,9,17H2. The normalized spacial score (nSPS) is 10.8. The number of aromatic nitrogens is 4. The minimum Gasteiger partial charge on any atom is -0.335 e. The Labute approximate surface area is 137 Å². The third-order valence-electron chi connectivity index (χ3n) is 3.06. The predicted octanol–water partition coefficient (Wildman–Crippen LogP) is 3.04. The van der Waals surface area contributed by atoms with Crippen LogP contribution in [0.2, 0.25) is 5.02 Å². The highest BCUT2D eigenvalue weighted by molar-refractivity contribution is 7.99. The van der Waals surface area contributed by atoms with E-state index in [1.165, 1.54) is 4.68 Å². The van der Waals surface area contributed by atoms with E-state index in [0.29, 0.717) is 16.0 Å². The zero-order valence-corrected chi connectivity index (χ0v) is 13.3. The number of hydrogen-bond donors (Lipinski definition) is 1. The van der Waals surface area contributed by atoms with Crippen molar-refractivity contribution in [2.75, 3.05) is 11.6 Å². The van der Waals surface area contributed by atoms with E-state index < -0.39 is 0 Å². The molecule has 0 aliphatic carbocycles. The third-order valence-corrected chi connectivity index (χ3v) is 4.24. The zero-order chi connectivity index (χ0) is 15.4. The summed E-state index contributed by atoms with van der Waals surface area (Å²) in [6.45, 7) is 0. The van der Waals surface area contributed by atoms with Crippen molar-refractivity contribution in [1.82, 2.24) is 19.9 Å². The van der Waals surface area contributed by atoms with E-state index in [0.717, 1.165) is 23.4 Å². The minimum atomic E-state index is 0.600.